The van der Waals surface area contributed by atoms with Gasteiger partial charge in [-0.2, -0.15) is 0 Å². The average molecular weight is 582 g/mol. The maximum Gasteiger partial charge on any atom is 0.181 e. The normalized spacial score (nSPS) is 13.6. The molecule has 0 N–H and O–H groups in total. The molecule has 5 heteroatoms. The van der Waals surface area contributed by atoms with Crippen molar-refractivity contribution in [3.63, 3.8) is 0 Å². The molecule has 214 valence electrons. The first kappa shape index (κ1) is 25.7. The van der Waals surface area contributed by atoms with E-state index in [1.165, 1.54) is 22.3 Å². The lowest BCUT2D eigenvalue weighted by atomic mass is 9.82. The van der Waals surface area contributed by atoms with E-state index in [0.717, 1.165) is 27.5 Å². The Kier molecular flexibility index (Phi) is 5.47. The highest BCUT2D eigenvalue weighted by Gasteiger charge is 2.37. The molecule has 0 fully saturated rings. The van der Waals surface area contributed by atoms with Gasteiger partial charge in [-0.15, -0.1) is 0 Å². The summed E-state index contributed by atoms with van der Waals surface area (Å²) in [6.07, 6.45) is 0. The van der Waals surface area contributed by atoms with Crippen LogP contribution in [0.25, 0.3) is 56.1 Å². The van der Waals surface area contributed by atoms with Crippen molar-refractivity contribution in [3.05, 3.63) is 139 Å². The van der Waals surface area contributed by atoms with E-state index in [-0.39, 0.29) is 5.41 Å². The molecule has 6 aromatic carbocycles. The van der Waals surface area contributed by atoms with Crippen LogP contribution in [0.5, 0.6) is 23.0 Å². The zero-order chi connectivity index (χ0) is 30.1. The van der Waals surface area contributed by atoms with Crippen LogP contribution in [0.1, 0.15) is 25.0 Å². The summed E-state index contributed by atoms with van der Waals surface area (Å²) >= 11 is 0. The fraction of sp³-hybridized carbons (Fsp3) is 0.0750. The van der Waals surface area contributed by atoms with Crippen LogP contribution in [0.4, 0.5) is 0 Å². The van der Waals surface area contributed by atoms with Crippen molar-refractivity contribution in [2.75, 3.05) is 0 Å². The Morgan fingerprint density at radius 1 is 0.444 bits per heavy atom. The van der Waals surface area contributed by atoms with E-state index in [1.807, 2.05) is 60.7 Å². The van der Waals surface area contributed by atoms with Crippen molar-refractivity contribution in [1.82, 2.24) is 15.0 Å². The summed E-state index contributed by atoms with van der Waals surface area (Å²) in [6, 6.07) is 43.3. The quantitative estimate of drug-likeness (QED) is 0.208. The van der Waals surface area contributed by atoms with E-state index in [4.69, 9.17) is 24.4 Å². The summed E-state index contributed by atoms with van der Waals surface area (Å²) in [5.41, 5.74) is 7.36. The fourth-order valence-electron chi connectivity index (χ4n) is 6.64. The van der Waals surface area contributed by atoms with Gasteiger partial charge < -0.3 is 9.47 Å². The molecule has 9 rings (SSSR count). The first-order valence-electron chi connectivity index (χ1n) is 15.1. The molecule has 0 unspecified atom stereocenters. The van der Waals surface area contributed by atoms with Gasteiger partial charge in [-0.05, 0) is 63.4 Å². The standard InChI is InChI=1S/C40H27N3O2/c1-40(2)31-17-9-8-15-28(31)30-22-34-35(23-32(30)40)45-36-29(16-10-18-33(36)44-34)39-42-37(25-12-4-3-5-13-25)41-38(43-39)27-20-19-24-11-6-7-14-26(24)21-27/h3-23H,1-2H3. The third-order valence-corrected chi connectivity index (χ3v) is 8.97. The molecule has 0 saturated heterocycles. The molecule has 1 aromatic heterocycles. The Labute approximate surface area is 260 Å². The number of aromatic nitrogens is 3. The number of hydrogen-bond donors (Lipinski definition) is 0. The second-order valence-electron chi connectivity index (χ2n) is 12.1. The van der Waals surface area contributed by atoms with E-state index in [9.17, 15) is 0 Å². The number of benzene rings is 6. The molecular formula is C40H27N3O2. The van der Waals surface area contributed by atoms with Crippen LogP contribution in [0.2, 0.25) is 0 Å². The topological polar surface area (TPSA) is 57.1 Å². The smallest absolute Gasteiger partial charge is 0.181 e. The monoisotopic (exact) mass is 581 g/mol. The van der Waals surface area contributed by atoms with E-state index in [0.29, 0.717) is 40.5 Å². The zero-order valence-electron chi connectivity index (χ0n) is 24.8. The molecule has 0 atom stereocenters. The van der Waals surface area contributed by atoms with Crippen molar-refractivity contribution < 1.29 is 9.47 Å². The summed E-state index contributed by atoms with van der Waals surface area (Å²) in [6.45, 7) is 4.52. The van der Waals surface area contributed by atoms with Gasteiger partial charge >= 0.3 is 0 Å². The van der Waals surface area contributed by atoms with Gasteiger partial charge in [0.05, 0.1) is 5.56 Å². The molecule has 2 heterocycles. The lowest BCUT2D eigenvalue weighted by Gasteiger charge is -2.26. The van der Waals surface area contributed by atoms with E-state index in [2.05, 4.69) is 80.6 Å². The Morgan fingerprint density at radius 3 is 2.00 bits per heavy atom. The van der Waals surface area contributed by atoms with Gasteiger partial charge in [-0.1, -0.05) is 111 Å². The molecule has 0 radical (unpaired) electrons. The summed E-state index contributed by atoms with van der Waals surface area (Å²) in [5.74, 6) is 4.30. The number of rotatable bonds is 3. The predicted molar refractivity (Wildman–Crippen MR) is 178 cm³/mol. The molecule has 2 aliphatic rings. The molecule has 0 amide bonds. The SMILES string of the molecule is CC1(C)c2ccccc2-c2cc3c(cc21)Oc1c(cccc1-c1nc(-c2ccccc2)nc(-c2ccc4ccccc4c2)n1)O3. The van der Waals surface area contributed by atoms with Crippen molar-refractivity contribution in [3.8, 4) is 68.3 Å². The first-order chi connectivity index (χ1) is 22.0. The van der Waals surface area contributed by atoms with Gasteiger partial charge in [0, 0.05) is 16.5 Å². The number of hydrogen-bond acceptors (Lipinski definition) is 5. The molecule has 1 aliphatic heterocycles. The van der Waals surface area contributed by atoms with E-state index in [1.54, 1.807) is 0 Å². The highest BCUT2D eigenvalue weighted by atomic mass is 16.6. The lowest BCUT2D eigenvalue weighted by molar-refractivity contribution is 0.360. The van der Waals surface area contributed by atoms with Gasteiger partial charge in [0.15, 0.2) is 40.5 Å². The lowest BCUT2D eigenvalue weighted by Crippen LogP contribution is -2.15. The number of para-hydroxylation sites is 1. The van der Waals surface area contributed by atoms with Crippen LogP contribution in [0, 0.1) is 0 Å². The molecule has 0 spiro atoms. The maximum atomic E-state index is 6.70. The molecule has 1 aliphatic carbocycles. The third kappa shape index (κ3) is 4.05. The van der Waals surface area contributed by atoms with Crippen LogP contribution in [0.3, 0.4) is 0 Å². The van der Waals surface area contributed by atoms with Crippen LogP contribution in [0.15, 0.2) is 127 Å². The number of fused-ring (bicyclic) bond motifs is 6. The van der Waals surface area contributed by atoms with E-state index < -0.39 is 0 Å². The second kappa shape index (κ2) is 9.60. The Bertz CT molecular complexity index is 2310. The first-order valence-corrected chi connectivity index (χ1v) is 15.1. The molecule has 45 heavy (non-hydrogen) atoms. The van der Waals surface area contributed by atoms with Crippen LogP contribution in [-0.2, 0) is 5.41 Å². The van der Waals surface area contributed by atoms with Crippen LogP contribution < -0.4 is 9.47 Å². The molecule has 7 aromatic rings. The van der Waals surface area contributed by atoms with Crippen LogP contribution in [-0.4, -0.2) is 15.0 Å². The minimum absolute atomic E-state index is 0.155. The van der Waals surface area contributed by atoms with Gasteiger partial charge in [0.2, 0.25) is 0 Å². The maximum absolute atomic E-state index is 6.70. The number of ether oxygens (including phenoxy) is 2. The number of nitrogens with zero attached hydrogens (tertiary/aromatic N) is 3. The minimum atomic E-state index is -0.155. The highest BCUT2D eigenvalue weighted by molar-refractivity contribution is 5.87. The zero-order valence-corrected chi connectivity index (χ0v) is 24.8. The summed E-state index contributed by atoms with van der Waals surface area (Å²) < 4.78 is 13.2. The second-order valence-corrected chi connectivity index (χ2v) is 12.1. The van der Waals surface area contributed by atoms with Gasteiger partial charge in [0.25, 0.3) is 0 Å². The van der Waals surface area contributed by atoms with Crippen molar-refractivity contribution in [2.45, 2.75) is 19.3 Å². The molecule has 5 nitrogen and oxygen atoms in total. The van der Waals surface area contributed by atoms with Crippen molar-refractivity contribution in [2.24, 2.45) is 0 Å². The molecular weight excluding hydrogens is 554 g/mol. The highest BCUT2D eigenvalue weighted by Crippen LogP contribution is 2.56. The van der Waals surface area contributed by atoms with Crippen molar-refractivity contribution in [1.29, 1.82) is 0 Å². The Morgan fingerprint density at radius 2 is 1.13 bits per heavy atom. The largest absolute Gasteiger partial charge is 0.449 e. The van der Waals surface area contributed by atoms with Gasteiger partial charge in [0.1, 0.15) is 0 Å². The molecule has 0 saturated carbocycles. The Balaban J connectivity index is 1.19. The fourth-order valence-corrected chi connectivity index (χ4v) is 6.64. The summed E-state index contributed by atoms with van der Waals surface area (Å²) in [7, 11) is 0. The third-order valence-electron chi connectivity index (χ3n) is 8.97. The van der Waals surface area contributed by atoms with E-state index >= 15 is 0 Å². The molecule has 0 bridgehead atoms. The summed E-state index contributed by atoms with van der Waals surface area (Å²) in [5, 5.41) is 2.29. The van der Waals surface area contributed by atoms with Crippen molar-refractivity contribution >= 4 is 10.8 Å². The predicted octanol–water partition coefficient (Wildman–Crippen LogP) is 10.2. The average Bonchev–Trinajstić information content (AvgIpc) is 3.31. The van der Waals surface area contributed by atoms with Crippen LogP contribution >= 0.6 is 0 Å². The summed E-state index contributed by atoms with van der Waals surface area (Å²) in [4.78, 5) is 14.9. The van der Waals surface area contributed by atoms with Gasteiger partial charge in [-0.25, -0.2) is 15.0 Å². The van der Waals surface area contributed by atoms with Gasteiger partial charge in [-0.3, -0.25) is 0 Å². The Hall–Kier alpha value is -5.81. The minimum Gasteiger partial charge on any atom is -0.449 e.